The van der Waals surface area contributed by atoms with E-state index >= 15 is 0 Å². The Bertz CT molecular complexity index is 671. The number of nitrogens with zero attached hydrogens (tertiary/aromatic N) is 2. The Morgan fingerprint density at radius 1 is 1.07 bits per heavy atom. The van der Waals surface area contributed by atoms with Gasteiger partial charge >= 0.3 is 0 Å². The summed E-state index contributed by atoms with van der Waals surface area (Å²) in [6.07, 6.45) is 5.83. The maximum Gasteiger partial charge on any atom is 0.191 e. The molecule has 1 saturated heterocycles. The molecular weight excluding hydrogens is 475 g/mol. The number of guanidine groups is 1. The lowest BCUT2D eigenvalue weighted by Crippen LogP contribution is -2.37. The zero-order valence-corrected chi connectivity index (χ0v) is 19.6. The SMILES string of the molecule is CN=C(NCCCS(C)(=O)=O)NCc1ccc(CN2CCCCC2)cc1.I. The van der Waals surface area contributed by atoms with Gasteiger partial charge in [-0.05, 0) is 43.5 Å². The van der Waals surface area contributed by atoms with Gasteiger partial charge in [0.05, 0.1) is 5.75 Å². The summed E-state index contributed by atoms with van der Waals surface area (Å²) in [7, 11) is -1.19. The molecule has 0 amide bonds. The van der Waals surface area contributed by atoms with E-state index in [0.29, 0.717) is 25.5 Å². The fourth-order valence-corrected chi connectivity index (χ4v) is 3.75. The zero-order chi connectivity index (χ0) is 18.8. The van der Waals surface area contributed by atoms with Crippen molar-refractivity contribution in [2.75, 3.05) is 38.7 Å². The second kappa shape index (κ2) is 12.6. The van der Waals surface area contributed by atoms with E-state index in [4.69, 9.17) is 0 Å². The van der Waals surface area contributed by atoms with E-state index in [-0.39, 0.29) is 29.7 Å². The predicted molar refractivity (Wildman–Crippen MR) is 124 cm³/mol. The molecule has 0 saturated carbocycles. The number of halogens is 1. The number of likely N-dealkylation sites (tertiary alicyclic amines) is 1. The normalized spacial score (nSPS) is 15.9. The number of benzene rings is 1. The van der Waals surface area contributed by atoms with Crippen molar-refractivity contribution in [3.05, 3.63) is 35.4 Å². The second-order valence-electron chi connectivity index (χ2n) is 6.99. The lowest BCUT2D eigenvalue weighted by Gasteiger charge is -2.26. The highest BCUT2D eigenvalue weighted by molar-refractivity contribution is 14.0. The first-order chi connectivity index (χ1) is 12.5. The largest absolute Gasteiger partial charge is 0.356 e. The average molecular weight is 508 g/mol. The molecule has 1 aliphatic rings. The molecular formula is C19H33IN4O2S. The average Bonchev–Trinajstić information content (AvgIpc) is 2.62. The van der Waals surface area contributed by atoms with Crippen LogP contribution in [0.1, 0.15) is 36.8 Å². The Labute approximate surface area is 181 Å². The van der Waals surface area contributed by atoms with Crippen LogP contribution < -0.4 is 10.6 Å². The number of rotatable bonds is 8. The van der Waals surface area contributed by atoms with E-state index in [9.17, 15) is 8.42 Å². The van der Waals surface area contributed by atoms with Gasteiger partial charge in [0.1, 0.15) is 9.84 Å². The van der Waals surface area contributed by atoms with Crippen LogP contribution in [-0.4, -0.2) is 58.0 Å². The summed E-state index contributed by atoms with van der Waals surface area (Å²) in [5, 5.41) is 6.41. The van der Waals surface area contributed by atoms with Crippen molar-refractivity contribution in [3.8, 4) is 0 Å². The lowest BCUT2D eigenvalue weighted by atomic mass is 10.1. The van der Waals surface area contributed by atoms with Crippen molar-refractivity contribution < 1.29 is 8.42 Å². The van der Waals surface area contributed by atoms with Gasteiger partial charge in [0, 0.05) is 32.9 Å². The van der Waals surface area contributed by atoms with Crippen molar-refractivity contribution >= 4 is 39.8 Å². The third kappa shape index (κ3) is 10.3. The van der Waals surface area contributed by atoms with Gasteiger partial charge < -0.3 is 10.6 Å². The first kappa shape index (κ1) is 24.2. The highest BCUT2D eigenvalue weighted by Gasteiger charge is 2.10. The highest BCUT2D eigenvalue weighted by atomic mass is 127. The van der Waals surface area contributed by atoms with Crippen LogP contribution in [0.4, 0.5) is 0 Å². The highest BCUT2D eigenvalue weighted by Crippen LogP contribution is 2.13. The summed E-state index contributed by atoms with van der Waals surface area (Å²) in [5.41, 5.74) is 2.56. The summed E-state index contributed by atoms with van der Waals surface area (Å²) < 4.78 is 22.3. The molecule has 1 aromatic rings. The molecule has 27 heavy (non-hydrogen) atoms. The Morgan fingerprint density at radius 3 is 2.30 bits per heavy atom. The Hall–Kier alpha value is -0.870. The number of nitrogens with one attached hydrogen (secondary N) is 2. The minimum Gasteiger partial charge on any atom is -0.356 e. The van der Waals surface area contributed by atoms with Crippen LogP contribution in [0.25, 0.3) is 0 Å². The molecule has 1 fully saturated rings. The van der Waals surface area contributed by atoms with E-state index in [1.165, 1.54) is 49.7 Å². The van der Waals surface area contributed by atoms with Gasteiger partial charge in [0.2, 0.25) is 0 Å². The molecule has 0 radical (unpaired) electrons. The Morgan fingerprint density at radius 2 is 1.70 bits per heavy atom. The van der Waals surface area contributed by atoms with Crippen molar-refractivity contribution in [1.29, 1.82) is 0 Å². The van der Waals surface area contributed by atoms with Crippen LogP contribution in [-0.2, 0) is 22.9 Å². The second-order valence-corrected chi connectivity index (χ2v) is 9.25. The van der Waals surface area contributed by atoms with Gasteiger partial charge in [0.25, 0.3) is 0 Å². The van der Waals surface area contributed by atoms with Gasteiger partial charge in [-0.2, -0.15) is 0 Å². The van der Waals surface area contributed by atoms with E-state index in [1.54, 1.807) is 7.05 Å². The topological polar surface area (TPSA) is 73.8 Å². The molecule has 0 aliphatic carbocycles. The molecule has 8 heteroatoms. The smallest absolute Gasteiger partial charge is 0.191 e. The van der Waals surface area contributed by atoms with Crippen LogP contribution in [0.15, 0.2) is 29.3 Å². The van der Waals surface area contributed by atoms with Gasteiger partial charge in [-0.15, -0.1) is 24.0 Å². The van der Waals surface area contributed by atoms with Crippen LogP contribution in [0, 0.1) is 0 Å². The van der Waals surface area contributed by atoms with Gasteiger partial charge in [-0.1, -0.05) is 30.7 Å². The Kier molecular flexibility index (Phi) is 11.2. The lowest BCUT2D eigenvalue weighted by molar-refractivity contribution is 0.221. The van der Waals surface area contributed by atoms with E-state index < -0.39 is 9.84 Å². The molecule has 1 aromatic carbocycles. The van der Waals surface area contributed by atoms with Gasteiger partial charge in [-0.25, -0.2) is 8.42 Å². The third-order valence-electron chi connectivity index (χ3n) is 4.55. The zero-order valence-electron chi connectivity index (χ0n) is 16.4. The summed E-state index contributed by atoms with van der Waals surface area (Å²) in [4.78, 5) is 6.70. The summed E-state index contributed by atoms with van der Waals surface area (Å²) in [5.74, 6) is 0.881. The van der Waals surface area contributed by atoms with Crippen molar-refractivity contribution in [2.24, 2.45) is 4.99 Å². The quantitative estimate of drug-likeness (QED) is 0.244. The fraction of sp³-hybridized carbons (Fsp3) is 0.632. The third-order valence-corrected chi connectivity index (χ3v) is 5.58. The molecule has 0 bridgehead atoms. The standard InChI is InChI=1S/C19H32N4O2S.HI/c1-20-19(21-11-6-14-26(2,24)25)22-15-17-7-9-18(10-8-17)16-23-12-4-3-5-13-23;/h7-10H,3-6,11-16H2,1-2H3,(H2,20,21,22);1H. The maximum absolute atomic E-state index is 11.1. The van der Waals surface area contributed by atoms with Crippen LogP contribution >= 0.6 is 24.0 Å². The summed E-state index contributed by atoms with van der Waals surface area (Å²) in [6, 6.07) is 8.72. The van der Waals surface area contributed by atoms with Gasteiger partial charge in [0.15, 0.2) is 5.96 Å². The molecule has 2 rings (SSSR count). The molecule has 1 aliphatic heterocycles. The van der Waals surface area contributed by atoms with Crippen molar-refractivity contribution in [3.63, 3.8) is 0 Å². The van der Waals surface area contributed by atoms with Crippen LogP contribution in [0.2, 0.25) is 0 Å². The Balaban J connectivity index is 0.00000364. The number of hydrogen-bond donors (Lipinski definition) is 2. The molecule has 0 unspecified atom stereocenters. The maximum atomic E-state index is 11.1. The molecule has 0 spiro atoms. The summed E-state index contributed by atoms with van der Waals surface area (Å²) >= 11 is 0. The fourth-order valence-electron chi connectivity index (χ4n) is 3.09. The first-order valence-corrected chi connectivity index (χ1v) is 11.4. The molecule has 2 N–H and O–H groups in total. The van der Waals surface area contributed by atoms with Crippen LogP contribution in [0.5, 0.6) is 0 Å². The number of piperidine rings is 1. The van der Waals surface area contributed by atoms with E-state index in [2.05, 4.69) is 44.8 Å². The minimum atomic E-state index is -2.90. The van der Waals surface area contributed by atoms with E-state index in [1.807, 2.05) is 0 Å². The molecule has 0 atom stereocenters. The molecule has 154 valence electrons. The minimum absolute atomic E-state index is 0. The van der Waals surface area contributed by atoms with Gasteiger partial charge in [-0.3, -0.25) is 9.89 Å². The number of hydrogen-bond acceptors (Lipinski definition) is 4. The van der Waals surface area contributed by atoms with Crippen molar-refractivity contribution in [1.82, 2.24) is 15.5 Å². The van der Waals surface area contributed by atoms with E-state index in [0.717, 1.165) is 6.54 Å². The van der Waals surface area contributed by atoms with Crippen molar-refractivity contribution in [2.45, 2.75) is 38.8 Å². The molecule has 0 aromatic heterocycles. The predicted octanol–water partition coefficient (Wildman–Crippen LogP) is 2.39. The van der Waals surface area contributed by atoms with Crippen LogP contribution in [0.3, 0.4) is 0 Å². The number of sulfone groups is 1. The number of aliphatic imine (C=N–C) groups is 1. The molecule has 6 nitrogen and oxygen atoms in total. The molecule has 1 heterocycles. The monoisotopic (exact) mass is 508 g/mol. The first-order valence-electron chi connectivity index (χ1n) is 9.39. The summed E-state index contributed by atoms with van der Waals surface area (Å²) in [6.45, 7) is 4.74.